The minimum atomic E-state index is -0.0389. The predicted octanol–water partition coefficient (Wildman–Crippen LogP) is 3.67. The largest absolute Gasteiger partial charge is 0.341 e. The highest BCUT2D eigenvalue weighted by Crippen LogP contribution is 2.34. The molecule has 0 unspecified atom stereocenters. The fourth-order valence-corrected chi connectivity index (χ4v) is 5.70. The highest BCUT2D eigenvalue weighted by atomic mass is 32.2. The van der Waals surface area contributed by atoms with Gasteiger partial charge in [-0.1, -0.05) is 24.3 Å². The van der Waals surface area contributed by atoms with E-state index in [-0.39, 0.29) is 11.5 Å². The second-order valence-electron chi connectivity index (χ2n) is 7.22. The van der Waals surface area contributed by atoms with E-state index < -0.39 is 0 Å². The van der Waals surface area contributed by atoms with Crippen LogP contribution in [-0.2, 0) is 29.9 Å². The van der Waals surface area contributed by atoms with Crippen LogP contribution in [0.2, 0.25) is 0 Å². The molecule has 0 saturated carbocycles. The van der Waals surface area contributed by atoms with Crippen LogP contribution in [0.15, 0.2) is 29.1 Å². The number of nitrogens with zero attached hydrogens (tertiary/aromatic N) is 2. The van der Waals surface area contributed by atoms with E-state index in [1.807, 2.05) is 19.2 Å². The number of aryl methyl sites for hydroxylation is 3. The predicted molar refractivity (Wildman–Crippen MR) is 116 cm³/mol. The van der Waals surface area contributed by atoms with Gasteiger partial charge in [0.05, 0.1) is 16.9 Å². The molecule has 0 radical (unpaired) electrons. The average Bonchev–Trinajstić information content (AvgIpc) is 3.24. The Morgan fingerprint density at radius 3 is 2.96 bits per heavy atom. The Morgan fingerprint density at radius 1 is 1.32 bits per heavy atom. The van der Waals surface area contributed by atoms with Crippen LogP contribution in [-0.4, -0.2) is 33.6 Å². The van der Waals surface area contributed by atoms with Gasteiger partial charge >= 0.3 is 0 Å². The van der Waals surface area contributed by atoms with Gasteiger partial charge in [0.1, 0.15) is 10.7 Å². The van der Waals surface area contributed by atoms with Crippen LogP contribution in [0.1, 0.15) is 33.8 Å². The zero-order chi connectivity index (χ0) is 19.7. The van der Waals surface area contributed by atoms with E-state index in [0.717, 1.165) is 35.0 Å². The molecule has 1 aliphatic rings. The number of aromatic amines is 1. The fraction of sp³-hybridized carbons (Fsp3) is 0.381. The highest BCUT2D eigenvalue weighted by molar-refractivity contribution is 7.99. The first-order valence-electron chi connectivity index (χ1n) is 9.42. The lowest BCUT2D eigenvalue weighted by Crippen LogP contribution is -2.28. The molecule has 5 nitrogen and oxygen atoms in total. The second kappa shape index (κ2) is 8.09. The van der Waals surface area contributed by atoms with Crippen LogP contribution in [0.25, 0.3) is 10.2 Å². The lowest BCUT2D eigenvalue weighted by atomic mass is 10.1. The maximum absolute atomic E-state index is 12.5. The third kappa shape index (κ3) is 3.86. The summed E-state index contributed by atoms with van der Waals surface area (Å²) in [6.45, 7) is 2.66. The van der Waals surface area contributed by atoms with Crippen LogP contribution < -0.4 is 5.56 Å². The van der Waals surface area contributed by atoms with E-state index >= 15 is 0 Å². The molecular formula is C21H23N3O2S2. The number of amides is 1. The number of hydrogen-bond acceptors (Lipinski definition) is 5. The normalized spacial score (nSPS) is 13.1. The van der Waals surface area contributed by atoms with Gasteiger partial charge in [-0.2, -0.15) is 0 Å². The van der Waals surface area contributed by atoms with Gasteiger partial charge in [-0.15, -0.1) is 23.1 Å². The molecule has 0 spiro atoms. The number of aromatic nitrogens is 2. The molecule has 0 saturated heterocycles. The standard InChI is InChI=1S/C21H23N3O2S2/c1-13-6-3-4-7-14(13)10-24(2)18(25)12-27-11-17-22-20(26)19-15-8-5-9-16(15)28-21(19)23-17/h3-4,6-7H,5,8-12H2,1-2H3,(H,22,23,26). The van der Waals surface area contributed by atoms with Crippen molar-refractivity contribution in [2.75, 3.05) is 12.8 Å². The molecule has 0 fully saturated rings. The van der Waals surface area contributed by atoms with Crippen molar-refractivity contribution < 1.29 is 4.79 Å². The number of carbonyl (C=O) groups excluding carboxylic acids is 1. The highest BCUT2D eigenvalue weighted by Gasteiger charge is 2.21. The van der Waals surface area contributed by atoms with Crippen molar-refractivity contribution in [1.29, 1.82) is 0 Å². The van der Waals surface area contributed by atoms with Gasteiger partial charge < -0.3 is 9.88 Å². The first kappa shape index (κ1) is 19.2. The summed E-state index contributed by atoms with van der Waals surface area (Å²) in [4.78, 5) is 36.4. The number of rotatable bonds is 6. The Labute approximate surface area is 172 Å². The molecule has 4 rings (SSSR count). The number of thiophene rings is 1. The maximum Gasteiger partial charge on any atom is 0.259 e. The van der Waals surface area contributed by atoms with E-state index in [1.54, 1.807) is 16.2 Å². The third-order valence-electron chi connectivity index (χ3n) is 5.18. The molecule has 28 heavy (non-hydrogen) atoms. The Bertz CT molecular complexity index is 1090. The number of H-pyrrole nitrogens is 1. The van der Waals surface area contributed by atoms with Gasteiger partial charge in [0.25, 0.3) is 5.56 Å². The minimum absolute atomic E-state index is 0.0389. The smallest absolute Gasteiger partial charge is 0.259 e. The number of nitrogens with one attached hydrogen (secondary N) is 1. The van der Waals surface area contributed by atoms with Crippen molar-refractivity contribution in [3.8, 4) is 0 Å². The molecule has 1 aliphatic carbocycles. The van der Waals surface area contributed by atoms with Crippen LogP contribution in [0.5, 0.6) is 0 Å². The molecule has 3 aromatic rings. The summed E-state index contributed by atoms with van der Waals surface area (Å²) in [7, 11) is 1.83. The molecule has 2 aromatic heterocycles. The number of benzene rings is 1. The summed E-state index contributed by atoms with van der Waals surface area (Å²) in [6.07, 6.45) is 3.17. The van der Waals surface area contributed by atoms with Gasteiger partial charge in [-0.25, -0.2) is 4.98 Å². The molecule has 0 atom stereocenters. The lowest BCUT2D eigenvalue weighted by Gasteiger charge is -2.18. The topological polar surface area (TPSA) is 66.1 Å². The third-order valence-corrected chi connectivity index (χ3v) is 7.30. The van der Waals surface area contributed by atoms with Gasteiger partial charge in [-0.05, 0) is 42.9 Å². The monoisotopic (exact) mass is 413 g/mol. The van der Waals surface area contributed by atoms with Crippen LogP contribution >= 0.6 is 23.1 Å². The molecule has 1 amide bonds. The van der Waals surface area contributed by atoms with E-state index in [4.69, 9.17) is 0 Å². The Morgan fingerprint density at radius 2 is 2.14 bits per heavy atom. The minimum Gasteiger partial charge on any atom is -0.341 e. The molecule has 1 N–H and O–H groups in total. The summed E-state index contributed by atoms with van der Waals surface area (Å²) in [5, 5.41) is 0.778. The van der Waals surface area contributed by atoms with Gasteiger partial charge in [0.2, 0.25) is 5.91 Å². The molecule has 0 bridgehead atoms. The summed E-state index contributed by atoms with van der Waals surface area (Å²) < 4.78 is 0. The van der Waals surface area contributed by atoms with Crippen molar-refractivity contribution in [1.82, 2.24) is 14.9 Å². The number of hydrogen-bond donors (Lipinski definition) is 1. The molecule has 2 heterocycles. The second-order valence-corrected chi connectivity index (χ2v) is 9.29. The summed E-state index contributed by atoms with van der Waals surface area (Å²) in [6, 6.07) is 8.10. The van der Waals surface area contributed by atoms with Crippen molar-refractivity contribution in [3.05, 3.63) is 62.0 Å². The first-order chi connectivity index (χ1) is 13.5. The lowest BCUT2D eigenvalue weighted by molar-refractivity contribution is -0.127. The Hall–Kier alpha value is -2.12. The van der Waals surface area contributed by atoms with Crippen LogP contribution in [0.4, 0.5) is 0 Å². The molecule has 7 heteroatoms. The van der Waals surface area contributed by atoms with E-state index in [9.17, 15) is 9.59 Å². The Kier molecular flexibility index (Phi) is 5.55. The average molecular weight is 414 g/mol. The van der Waals surface area contributed by atoms with E-state index in [2.05, 4.69) is 29.0 Å². The quantitative estimate of drug-likeness (QED) is 0.670. The van der Waals surface area contributed by atoms with Gasteiger partial charge in [0.15, 0.2) is 0 Å². The van der Waals surface area contributed by atoms with Crippen molar-refractivity contribution in [2.45, 2.75) is 38.5 Å². The van der Waals surface area contributed by atoms with E-state index in [1.165, 1.54) is 27.8 Å². The van der Waals surface area contributed by atoms with Crippen molar-refractivity contribution >= 4 is 39.2 Å². The summed E-state index contributed by atoms with van der Waals surface area (Å²) in [5.74, 6) is 1.62. The SMILES string of the molecule is Cc1ccccc1CN(C)C(=O)CSCc1nc2sc3c(c2c(=O)[nH]1)CCC3. The zero-order valence-corrected chi connectivity index (χ0v) is 17.7. The molecule has 146 valence electrons. The van der Waals surface area contributed by atoms with Gasteiger partial charge in [-0.3, -0.25) is 9.59 Å². The maximum atomic E-state index is 12.5. The van der Waals surface area contributed by atoms with Crippen LogP contribution in [0, 0.1) is 6.92 Å². The molecule has 0 aliphatic heterocycles. The molecular weight excluding hydrogens is 390 g/mol. The van der Waals surface area contributed by atoms with Crippen molar-refractivity contribution in [2.24, 2.45) is 0 Å². The summed E-state index contributed by atoms with van der Waals surface area (Å²) in [5.41, 5.74) is 3.50. The zero-order valence-electron chi connectivity index (χ0n) is 16.1. The number of fused-ring (bicyclic) bond motifs is 3. The number of carbonyl (C=O) groups is 1. The van der Waals surface area contributed by atoms with E-state index in [0.29, 0.717) is 23.9 Å². The van der Waals surface area contributed by atoms with Crippen molar-refractivity contribution in [3.63, 3.8) is 0 Å². The fourth-order valence-electron chi connectivity index (χ4n) is 3.59. The first-order valence-corrected chi connectivity index (χ1v) is 11.4. The molecule has 1 aromatic carbocycles. The summed E-state index contributed by atoms with van der Waals surface area (Å²) >= 11 is 3.13. The Balaban J connectivity index is 1.36. The number of thioether (sulfide) groups is 1. The van der Waals surface area contributed by atoms with Gasteiger partial charge in [0, 0.05) is 18.5 Å². The van der Waals surface area contributed by atoms with Crippen LogP contribution in [0.3, 0.4) is 0 Å².